The van der Waals surface area contributed by atoms with Gasteiger partial charge in [0.2, 0.25) is 0 Å². The van der Waals surface area contributed by atoms with E-state index in [2.05, 4.69) is 36.4 Å². The monoisotopic (exact) mass is 866 g/mol. The highest BCUT2D eigenvalue weighted by Gasteiger charge is 2.77. The molecule has 1 fully saturated rings. The molecule has 2 heteroatoms. The third kappa shape index (κ3) is 1.38. The molecule has 29 aromatic rings. The molecule has 1 saturated heterocycles. The van der Waals surface area contributed by atoms with E-state index in [1.807, 2.05) is 0 Å². The molecule has 71 heavy (non-hydrogen) atoms. The molecule has 0 aromatic heterocycles. The molecule has 0 saturated carbocycles. The number of esters is 1. The van der Waals surface area contributed by atoms with Crippen LogP contribution < -0.4 is 0 Å². The van der Waals surface area contributed by atoms with Gasteiger partial charge in [0, 0.05) is 11.1 Å². The van der Waals surface area contributed by atoms with E-state index in [-0.39, 0.29) is 5.97 Å². The van der Waals surface area contributed by atoms with Crippen molar-refractivity contribution < 1.29 is 9.53 Å². The van der Waals surface area contributed by atoms with Crippen molar-refractivity contribution in [1.82, 2.24) is 0 Å². The van der Waals surface area contributed by atoms with Crippen molar-refractivity contribution in [2.45, 2.75) is 11.0 Å². The van der Waals surface area contributed by atoms with Crippen LogP contribution in [-0.2, 0) is 20.5 Å². The van der Waals surface area contributed by atoms with Gasteiger partial charge in [0.15, 0.2) is 5.60 Å². The van der Waals surface area contributed by atoms with E-state index in [0.29, 0.717) is 0 Å². The summed E-state index contributed by atoms with van der Waals surface area (Å²) in [5.74, 6) is -0.121. The first-order valence-electron chi connectivity index (χ1n) is 26.1. The Morgan fingerprint density at radius 1 is 0.254 bits per heavy atom. The molecule has 0 bridgehead atoms. The fourth-order valence-corrected chi connectivity index (χ4v) is 25.0. The van der Waals surface area contributed by atoms with Crippen molar-refractivity contribution in [2.75, 3.05) is 0 Å². The average Bonchev–Trinajstić information content (AvgIpc) is 4.23. The summed E-state index contributed by atoms with van der Waals surface area (Å²) in [5, 5.41) is 83.6. The van der Waals surface area contributed by atoms with Gasteiger partial charge in [-0.3, -0.25) is 0 Å². The highest BCUT2D eigenvalue weighted by atomic mass is 16.6. The normalized spacial score (nSPS) is 22.9. The Morgan fingerprint density at radius 3 is 0.676 bits per heavy atom. The molecular weight excluding hydrogens is 861 g/mol. The fraction of sp³-hybridized carbons (Fsp3) is 0.0290. The lowest BCUT2D eigenvalue weighted by Gasteiger charge is -2.47. The Balaban J connectivity index is 1.18. The van der Waals surface area contributed by atoms with Crippen molar-refractivity contribution in [3.8, 4) is 0 Å². The summed E-state index contributed by atoms with van der Waals surface area (Å²) < 4.78 is 8.02. The molecule has 34 rings (SSSR count). The minimum absolute atomic E-state index is 0.121. The van der Waals surface area contributed by atoms with Crippen LogP contribution in [0.25, 0.3) is 297 Å². The molecule has 0 N–H and O–H groups in total. The minimum atomic E-state index is -1.05. The minimum Gasteiger partial charge on any atom is -0.444 e. The summed E-state index contributed by atoms with van der Waals surface area (Å²) >= 11 is 0. The number of hydrogen-bond acceptors (Lipinski definition) is 2. The first kappa shape index (κ1) is 26.0. The SMILES string of the molecule is O=C1OC23c4c5c6c7c8c9c(c%10c%11c2c2c4c4c%12c5c5c6c6c8c8c%13c9c9c%10c%10c%11c%11c2c2c4c4c%12c%12c5c5c6c8c6c8c%13c9c9c%10c%10c%11c2c2c4c4c%12c5c6c5c8c9c%10c2c45)C73/C1=C/c1ccccc1. The van der Waals surface area contributed by atoms with E-state index >= 15 is 4.79 Å². The van der Waals surface area contributed by atoms with Gasteiger partial charge in [0.25, 0.3) is 0 Å². The summed E-state index contributed by atoms with van der Waals surface area (Å²) in [4.78, 5) is 16.4. The summed E-state index contributed by atoms with van der Waals surface area (Å²) in [6.07, 6.45) is 2.32. The summed E-state index contributed by atoms with van der Waals surface area (Å²) in [7, 11) is 0. The maximum absolute atomic E-state index is 16.4. The van der Waals surface area contributed by atoms with Crippen LogP contribution in [0.4, 0.5) is 0 Å². The van der Waals surface area contributed by atoms with Gasteiger partial charge in [0.05, 0.1) is 5.57 Å². The number of ether oxygens (including phenoxy) is 1. The van der Waals surface area contributed by atoms with E-state index in [0.717, 1.165) is 11.1 Å². The second kappa shape index (κ2) is 5.87. The second-order valence-corrected chi connectivity index (χ2v) is 25.5. The number of carbonyl (C=O) groups excluding carboxylic acids is 1. The van der Waals surface area contributed by atoms with E-state index in [1.54, 1.807) is 205 Å². The predicted molar refractivity (Wildman–Crippen MR) is 294 cm³/mol. The molecule has 29 aromatic carbocycles. The zero-order chi connectivity index (χ0) is 42.2. The van der Waals surface area contributed by atoms with Crippen molar-refractivity contribution in [2.24, 2.45) is 0 Å². The molecule has 2 spiro atoms. The molecule has 294 valence electrons. The Hall–Kier alpha value is -9.11. The molecule has 0 radical (unpaired) electrons. The summed E-state index contributed by atoms with van der Waals surface area (Å²) in [6, 6.07) is 10.8. The smallest absolute Gasteiger partial charge is 0.336 e. The second-order valence-electron chi connectivity index (χ2n) is 25.5. The molecule has 0 unspecified atom stereocenters. The van der Waals surface area contributed by atoms with Crippen LogP contribution in [0.2, 0.25) is 0 Å². The highest BCUT2D eigenvalue weighted by Crippen LogP contribution is 2.86. The van der Waals surface area contributed by atoms with Crippen molar-refractivity contribution in [3.63, 3.8) is 0 Å². The summed E-state index contributed by atoms with van der Waals surface area (Å²) in [5.41, 5.74) is 5.60. The Morgan fingerprint density at radius 2 is 0.451 bits per heavy atom. The zero-order valence-corrected chi connectivity index (χ0v) is 35.8. The molecular formula is C69H6O2. The molecule has 2 nitrogen and oxygen atoms in total. The third-order valence-corrected chi connectivity index (χ3v) is 25.2. The van der Waals surface area contributed by atoms with E-state index < -0.39 is 11.0 Å². The van der Waals surface area contributed by atoms with Gasteiger partial charge in [-0.15, -0.1) is 0 Å². The quantitative estimate of drug-likeness (QED) is 0.0933. The van der Waals surface area contributed by atoms with Crippen LogP contribution in [0, 0.1) is 0 Å². The number of hydrogen-bond donors (Lipinski definition) is 0. The van der Waals surface area contributed by atoms with Crippen LogP contribution in [0.3, 0.4) is 0 Å². The zero-order valence-electron chi connectivity index (χ0n) is 35.8. The van der Waals surface area contributed by atoms with Gasteiger partial charge < -0.3 is 4.74 Å². The first-order chi connectivity index (χ1) is 35.3. The van der Waals surface area contributed by atoms with Crippen LogP contribution in [0.5, 0.6) is 0 Å². The maximum Gasteiger partial charge on any atom is 0.336 e. The fourth-order valence-electron chi connectivity index (χ4n) is 25.0. The van der Waals surface area contributed by atoms with Gasteiger partial charge >= 0.3 is 5.97 Å². The van der Waals surface area contributed by atoms with E-state index in [9.17, 15) is 0 Å². The lowest BCUT2D eigenvalue weighted by atomic mass is 9.53. The van der Waals surface area contributed by atoms with Crippen LogP contribution in [0.1, 0.15) is 27.8 Å². The lowest BCUT2D eigenvalue weighted by Crippen LogP contribution is -2.49. The summed E-state index contributed by atoms with van der Waals surface area (Å²) in [6.45, 7) is 0. The number of rotatable bonds is 1. The maximum atomic E-state index is 16.4. The Kier molecular flexibility index (Phi) is 2.15. The number of carbonyl (C=O) groups is 1. The average molecular weight is 867 g/mol. The van der Waals surface area contributed by atoms with Crippen molar-refractivity contribution in [1.29, 1.82) is 0 Å². The molecule has 0 atom stereocenters. The molecule has 0 amide bonds. The van der Waals surface area contributed by atoms with Crippen LogP contribution >= 0.6 is 0 Å². The largest absolute Gasteiger partial charge is 0.444 e. The third-order valence-electron chi connectivity index (χ3n) is 25.2. The van der Waals surface area contributed by atoms with Crippen molar-refractivity contribution >= 4 is 303 Å². The topological polar surface area (TPSA) is 26.3 Å². The van der Waals surface area contributed by atoms with Gasteiger partial charge in [-0.1, -0.05) is 30.3 Å². The Bertz CT molecular complexity index is 7330. The first-order valence-corrected chi connectivity index (χ1v) is 26.1. The van der Waals surface area contributed by atoms with Gasteiger partial charge in [-0.05, 0) is 314 Å². The molecule has 4 aliphatic carbocycles. The Labute approximate surface area is 385 Å². The van der Waals surface area contributed by atoms with Gasteiger partial charge in [0.1, 0.15) is 5.41 Å². The molecule has 1 heterocycles. The van der Waals surface area contributed by atoms with Crippen LogP contribution in [0.15, 0.2) is 35.9 Å². The lowest BCUT2D eigenvalue weighted by molar-refractivity contribution is -0.145. The van der Waals surface area contributed by atoms with Crippen molar-refractivity contribution in [3.05, 3.63) is 63.7 Å². The van der Waals surface area contributed by atoms with Crippen LogP contribution in [-0.4, -0.2) is 5.97 Å². The number of benzene rings is 19. The van der Waals surface area contributed by atoms with Gasteiger partial charge in [-0.25, -0.2) is 4.79 Å². The predicted octanol–water partition coefficient (Wildman–Crippen LogP) is 17.9. The highest BCUT2D eigenvalue weighted by molar-refractivity contribution is 6.82. The molecule has 1 aliphatic heterocycles. The standard InChI is InChI=1S/C69H6O2/c70-67-8(6-7-4-2-1-3-5-7)68-63-55-47-37-27-19-11-9-10-13-17-15(11)23-31-25(17)35-29-21(13)22-14(10)18-16-12(9)20(19)28-34-24(16)32-26(18)36-30(22)40-39(29)51-45(35)53-43(31)49(41(47)33(23)27)57(63)59(53)65-61(51)62-52(40)46(36)54-44(32)50-42(34)48(38(28)37)56(55)64(68)58(50)60(54)66(62)69(65,68)71-67/h1-6H/b8-6+. The van der Waals surface area contributed by atoms with Gasteiger partial charge in [-0.2, -0.15) is 0 Å². The van der Waals surface area contributed by atoms with E-state index in [4.69, 9.17) is 4.74 Å². The molecule has 5 aliphatic rings. The van der Waals surface area contributed by atoms with E-state index in [1.165, 1.54) is 108 Å².